The number of aliphatic imine (C=N–C) groups is 1. The fraction of sp³-hybridized carbons (Fsp3) is 0.333. The number of hydrogen-bond donors (Lipinski definition) is 1. The van der Waals surface area contributed by atoms with Crippen molar-refractivity contribution >= 4 is 22.7 Å². The third kappa shape index (κ3) is 3.96. The van der Waals surface area contributed by atoms with Crippen LogP contribution < -0.4 is 15.4 Å². The molecule has 2 aromatic carbocycles. The van der Waals surface area contributed by atoms with Crippen LogP contribution in [0.25, 0.3) is 11.0 Å². The monoisotopic (exact) mass is 396 g/mol. The quantitative estimate of drug-likeness (QED) is 0.541. The zero-order chi connectivity index (χ0) is 20.4. The number of methoxy groups -OCH3 is 1. The Bertz CT molecular complexity index is 1020. The van der Waals surface area contributed by atoms with Gasteiger partial charge in [-0.15, -0.1) is 0 Å². The maximum absolute atomic E-state index is 13.1. The minimum absolute atomic E-state index is 0.218. The van der Waals surface area contributed by atoms with E-state index in [4.69, 9.17) is 10.5 Å². The lowest BCUT2D eigenvalue weighted by molar-refractivity contribution is 0.380. The minimum Gasteiger partial charge on any atom is -0.497 e. The summed E-state index contributed by atoms with van der Waals surface area (Å²) in [5.74, 6) is 1.93. The molecule has 0 bridgehead atoms. The van der Waals surface area contributed by atoms with Crippen LogP contribution in [-0.4, -0.2) is 53.7 Å². The molecule has 0 aliphatic carbocycles. The summed E-state index contributed by atoms with van der Waals surface area (Å²) in [7, 11) is 3.62. The Morgan fingerprint density at radius 1 is 1.14 bits per heavy atom. The van der Waals surface area contributed by atoms with Gasteiger partial charge in [0.25, 0.3) is 0 Å². The number of nitrogens with two attached hydrogens (primary N) is 1. The first-order chi connectivity index (χ1) is 14.0. The summed E-state index contributed by atoms with van der Waals surface area (Å²) in [6, 6.07) is 12.4. The number of benzene rings is 2. The predicted octanol–water partition coefficient (Wildman–Crippen LogP) is 2.36. The van der Waals surface area contributed by atoms with Crippen molar-refractivity contribution < 1.29 is 9.13 Å². The van der Waals surface area contributed by atoms with E-state index >= 15 is 0 Å². The number of nitrogens with zero attached hydrogens (tertiary/aromatic N) is 5. The minimum atomic E-state index is -0.218. The average Bonchev–Trinajstić information content (AvgIpc) is 3.07. The Labute approximate surface area is 169 Å². The van der Waals surface area contributed by atoms with Crippen LogP contribution in [0.5, 0.6) is 5.75 Å². The van der Waals surface area contributed by atoms with E-state index in [9.17, 15) is 4.39 Å². The van der Waals surface area contributed by atoms with Gasteiger partial charge in [0.05, 0.1) is 18.1 Å². The molecule has 0 unspecified atom stereocenters. The maximum Gasteiger partial charge on any atom is 0.191 e. The van der Waals surface area contributed by atoms with Gasteiger partial charge in [-0.2, -0.15) is 0 Å². The topological polar surface area (TPSA) is 71.9 Å². The van der Waals surface area contributed by atoms with Crippen molar-refractivity contribution in [3.8, 4) is 5.75 Å². The number of anilines is 1. The van der Waals surface area contributed by atoms with Crippen LogP contribution in [0.3, 0.4) is 0 Å². The van der Waals surface area contributed by atoms with E-state index in [1.54, 1.807) is 7.11 Å². The van der Waals surface area contributed by atoms with Gasteiger partial charge in [-0.1, -0.05) is 0 Å². The molecule has 3 aromatic rings. The zero-order valence-corrected chi connectivity index (χ0v) is 16.7. The summed E-state index contributed by atoms with van der Waals surface area (Å²) in [5.41, 5.74) is 9.17. The number of aromatic nitrogens is 2. The largest absolute Gasteiger partial charge is 0.497 e. The second-order valence-electron chi connectivity index (χ2n) is 7.07. The molecule has 0 amide bonds. The van der Waals surface area contributed by atoms with E-state index in [0.717, 1.165) is 54.5 Å². The van der Waals surface area contributed by atoms with E-state index in [2.05, 4.69) is 19.8 Å². The number of aryl methyl sites for hydroxylation is 1. The number of halogens is 1. The summed E-state index contributed by atoms with van der Waals surface area (Å²) in [6.45, 7) is 3.58. The normalized spacial score (nSPS) is 15.2. The molecule has 2 N–H and O–H groups in total. The van der Waals surface area contributed by atoms with Gasteiger partial charge >= 0.3 is 0 Å². The lowest BCUT2D eigenvalue weighted by Crippen LogP contribution is -2.51. The number of rotatable bonds is 4. The van der Waals surface area contributed by atoms with Crippen LogP contribution in [0.15, 0.2) is 47.5 Å². The van der Waals surface area contributed by atoms with Crippen molar-refractivity contribution in [2.75, 3.05) is 38.2 Å². The molecule has 0 saturated carbocycles. The molecule has 1 fully saturated rings. The lowest BCUT2D eigenvalue weighted by atomic mass is 10.2. The lowest BCUT2D eigenvalue weighted by Gasteiger charge is -2.36. The van der Waals surface area contributed by atoms with Gasteiger partial charge in [0.2, 0.25) is 0 Å². The molecule has 0 radical (unpaired) electrons. The fourth-order valence-corrected chi connectivity index (χ4v) is 3.60. The van der Waals surface area contributed by atoms with Crippen molar-refractivity contribution in [3.63, 3.8) is 0 Å². The summed E-state index contributed by atoms with van der Waals surface area (Å²) in [4.78, 5) is 13.5. The predicted molar refractivity (Wildman–Crippen MR) is 113 cm³/mol. The van der Waals surface area contributed by atoms with E-state index in [1.807, 2.05) is 41.9 Å². The Hall–Kier alpha value is -3.29. The SMILES string of the molecule is COc1ccc2c(c1)nc(CN=C(N)N1CCN(c3ccc(F)cc3)CC1)n2C. The molecule has 1 aromatic heterocycles. The summed E-state index contributed by atoms with van der Waals surface area (Å²) < 4.78 is 20.4. The Balaban J connectivity index is 1.40. The van der Waals surface area contributed by atoms with E-state index in [0.29, 0.717) is 12.5 Å². The molecule has 0 spiro atoms. The van der Waals surface area contributed by atoms with E-state index in [-0.39, 0.29) is 5.82 Å². The van der Waals surface area contributed by atoms with Crippen molar-refractivity contribution in [3.05, 3.63) is 54.1 Å². The number of ether oxygens (including phenoxy) is 1. The number of piperazine rings is 1. The van der Waals surface area contributed by atoms with Crippen LogP contribution in [0.1, 0.15) is 5.82 Å². The van der Waals surface area contributed by atoms with Gasteiger partial charge in [0.1, 0.15) is 23.9 Å². The van der Waals surface area contributed by atoms with Crippen LogP contribution in [-0.2, 0) is 13.6 Å². The third-order valence-electron chi connectivity index (χ3n) is 5.36. The van der Waals surface area contributed by atoms with Crippen molar-refractivity contribution in [2.24, 2.45) is 17.8 Å². The standard InChI is InChI=1S/C21H25FN6O/c1-26-19-8-7-17(29-2)13-18(19)25-20(26)14-24-21(23)28-11-9-27(10-12-28)16-5-3-15(22)4-6-16/h3-8,13H,9-12,14H2,1-2H3,(H2,23,24). The molecule has 4 rings (SSSR count). The van der Waals surface area contributed by atoms with Crippen LogP contribution in [0, 0.1) is 5.82 Å². The van der Waals surface area contributed by atoms with Crippen LogP contribution in [0.4, 0.5) is 10.1 Å². The molecular formula is C21H25FN6O. The Morgan fingerprint density at radius 3 is 2.55 bits per heavy atom. The van der Waals surface area contributed by atoms with Gasteiger partial charge in [0.15, 0.2) is 5.96 Å². The molecule has 29 heavy (non-hydrogen) atoms. The van der Waals surface area contributed by atoms with E-state index in [1.165, 1.54) is 12.1 Å². The Morgan fingerprint density at radius 2 is 1.86 bits per heavy atom. The molecule has 152 valence electrons. The smallest absolute Gasteiger partial charge is 0.191 e. The van der Waals surface area contributed by atoms with Crippen molar-refractivity contribution in [2.45, 2.75) is 6.54 Å². The maximum atomic E-state index is 13.1. The molecule has 0 atom stereocenters. The highest BCUT2D eigenvalue weighted by atomic mass is 19.1. The van der Waals surface area contributed by atoms with Gasteiger partial charge in [0, 0.05) is 45.0 Å². The van der Waals surface area contributed by atoms with Gasteiger partial charge < -0.3 is 24.8 Å². The van der Waals surface area contributed by atoms with Crippen LogP contribution >= 0.6 is 0 Å². The highest BCUT2D eigenvalue weighted by Crippen LogP contribution is 2.21. The molecule has 7 nitrogen and oxygen atoms in total. The first kappa shape index (κ1) is 19.0. The Kier molecular flexibility index (Phi) is 5.24. The second-order valence-corrected chi connectivity index (χ2v) is 7.07. The summed E-state index contributed by atoms with van der Waals surface area (Å²) >= 11 is 0. The van der Waals surface area contributed by atoms with Gasteiger partial charge in [-0.25, -0.2) is 14.4 Å². The molecule has 1 aliphatic rings. The molecule has 8 heteroatoms. The molecule has 1 aliphatic heterocycles. The molecular weight excluding hydrogens is 371 g/mol. The summed E-state index contributed by atoms with van der Waals surface area (Å²) in [5, 5.41) is 0. The molecule has 2 heterocycles. The number of fused-ring (bicyclic) bond motifs is 1. The second kappa shape index (κ2) is 7.98. The van der Waals surface area contributed by atoms with Gasteiger partial charge in [-0.3, -0.25) is 0 Å². The third-order valence-corrected chi connectivity index (χ3v) is 5.36. The number of guanidine groups is 1. The van der Waals surface area contributed by atoms with Crippen molar-refractivity contribution in [1.29, 1.82) is 0 Å². The van der Waals surface area contributed by atoms with Crippen LogP contribution in [0.2, 0.25) is 0 Å². The van der Waals surface area contributed by atoms with Gasteiger partial charge in [-0.05, 0) is 36.4 Å². The van der Waals surface area contributed by atoms with E-state index < -0.39 is 0 Å². The first-order valence-corrected chi connectivity index (χ1v) is 9.60. The zero-order valence-electron chi connectivity index (χ0n) is 16.7. The average molecular weight is 396 g/mol. The number of imidazole rings is 1. The highest BCUT2D eigenvalue weighted by Gasteiger charge is 2.19. The van der Waals surface area contributed by atoms with Crippen molar-refractivity contribution in [1.82, 2.24) is 14.5 Å². The molecule has 1 saturated heterocycles. The first-order valence-electron chi connectivity index (χ1n) is 9.60. The fourth-order valence-electron chi connectivity index (χ4n) is 3.60. The summed E-state index contributed by atoms with van der Waals surface area (Å²) in [6.07, 6.45) is 0. The highest BCUT2D eigenvalue weighted by molar-refractivity contribution is 5.79. The number of hydrogen-bond acceptors (Lipinski definition) is 4.